The first kappa shape index (κ1) is 9.31. The SMILES string of the molecule is Nc1cncc(CCNC(=O)O)c1. The minimum atomic E-state index is -1.02. The zero-order valence-corrected chi connectivity index (χ0v) is 7.03. The minimum Gasteiger partial charge on any atom is -0.465 e. The van der Waals surface area contributed by atoms with Crippen LogP contribution >= 0.6 is 0 Å². The van der Waals surface area contributed by atoms with Crippen molar-refractivity contribution in [3.63, 3.8) is 0 Å². The third kappa shape index (κ3) is 3.42. The Labute approximate surface area is 75.6 Å². The van der Waals surface area contributed by atoms with Gasteiger partial charge in [0, 0.05) is 18.9 Å². The summed E-state index contributed by atoms with van der Waals surface area (Å²) in [5.74, 6) is 0. The van der Waals surface area contributed by atoms with Crippen LogP contribution in [-0.4, -0.2) is 22.7 Å². The fourth-order valence-electron chi connectivity index (χ4n) is 0.958. The van der Waals surface area contributed by atoms with Crippen molar-refractivity contribution < 1.29 is 9.90 Å². The fraction of sp³-hybridized carbons (Fsp3) is 0.250. The molecule has 0 aliphatic carbocycles. The van der Waals surface area contributed by atoms with Crippen molar-refractivity contribution in [1.29, 1.82) is 0 Å². The third-order valence-corrected chi connectivity index (χ3v) is 1.51. The number of rotatable bonds is 3. The van der Waals surface area contributed by atoms with Gasteiger partial charge in [-0.3, -0.25) is 4.98 Å². The molecule has 0 atom stereocenters. The molecule has 1 rings (SSSR count). The summed E-state index contributed by atoms with van der Waals surface area (Å²) in [5, 5.41) is 10.6. The normalized spacial score (nSPS) is 9.54. The number of pyridine rings is 1. The van der Waals surface area contributed by atoms with Crippen molar-refractivity contribution in [2.75, 3.05) is 12.3 Å². The van der Waals surface area contributed by atoms with Gasteiger partial charge in [0.2, 0.25) is 0 Å². The molecule has 0 bridgehead atoms. The zero-order chi connectivity index (χ0) is 9.68. The Morgan fingerprint density at radius 3 is 3.00 bits per heavy atom. The molecule has 4 N–H and O–H groups in total. The second kappa shape index (κ2) is 4.30. The number of nitrogens with zero attached hydrogens (tertiary/aromatic N) is 1. The Hall–Kier alpha value is -1.78. The molecule has 13 heavy (non-hydrogen) atoms. The molecule has 0 aromatic carbocycles. The van der Waals surface area contributed by atoms with Gasteiger partial charge >= 0.3 is 6.09 Å². The van der Waals surface area contributed by atoms with E-state index in [2.05, 4.69) is 10.3 Å². The molecule has 1 aromatic heterocycles. The van der Waals surface area contributed by atoms with E-state index in [0.717, 1.165) is 5.56 Å². The molecule has 0 fully saturated rings. The standard InChI is InChI=1S/C8H11N3O2/c9-7-3-6(4-10-5-7)1-2-11-8(12)13/h3-5,11H,1-2,9H2,(H,12,13). The number of carbonyl (C=O) groups is 1. The molecule has 0 saturated carbocycles. The van der Waals surface area contributed by atoms with Crippen molar-refractivity contribution in [2.45, 2.75) is 6.42 Å². The van der Waals surface area contributed by atoms with E-state index in [-0.39, 0.29) is 0 Å². The highest BCUT2D eigenvalue weighted by molar-refractivity contribution is 5.64. The predicted molar refractivity (Wildman–Crippen MR) is 48.4 cm³/mol. The number of nitrogens with two attached hydrogens (primary N) is 1. The van der Waals surface area contributed by atoms with Gasteiger partial charge in [0.15, 0.2) is 0 Å². The maximum absolute atomic E-state index is 10.1. The molecular weight excluding hydrogens is 170 g/mol. The molecule has 5 heteroatoms. The summed E-state index contributed by atoms with van der Waals surface area (Å²) in [7, 11) is 0. The van der Waals surface area contributed by atoms with Crippen LogP contribution in [0.25, 0.3) is 0 Å². The molecule has 0 unspecified atom stereocenters. The summed E-state index contributed by atoms with van der Waals surface area (Å²) in [6, 6.07) is 1.77. The summed E-state index contributed by atoms with van der Waals surface area (Å²) >= 11 is 0. The van der Waals surface area contributed by atoms with Gasteiger partial charge in [-0.25, -0.2) is 4.79 Å². The molecule has 1 heterocycles. The number of aromatic nitrogens is 1. The largest absolute Gasteiger partial charge is 0.465 e. The number of hydrogen-bond donors (Lipinski definition) is 3. The maximum Gasteiger partial charge on any atom is 0.404 e. The number of nitrogen functional groups attached to an aromatic ring is 1. The average Bonchev–Trinajstić information content (AvgIpc) is 2.03. The van der Waals surface area contributed by atoms with Crippen molar-refractivity contribution in [3.8, 4) is 0 Å². The summed E-state index contributed by atoms with van der Waals surface area (Å²) in [6.07, 6.45) is 2.80. The first-order chi connectivity index (χ1) is 6.18. The van der Waals surface area contributed by atoms with Crippen LogP contribution < -0.4 is 11.1 Å². The van der Waals surface area contributed by atoms with Gasteiger partial charge in [-0.1, -0.05) is 0 Å². The van der Waals surface area contributed by atoms with E-state index >= 15 is 0 Å². The van der Waals surface area contributed by atoms with Crippen molar-refractivity contribution in [3.05, 3.63) is 24.0 Å². The van der Waals surface area contributed by atoms with Gasteiger partial charge < -0.3 is 16.2 Å². The summed E-state index contributed by atoms with van der Waals surface area (Å²) in [6.45, 7) is 0.375. The van der Waals surface area contributed by atoms with Gasteiger partial charge in [-0.15, -0.1) is 0 Å². The molecule has 0 saturated heterocycles. The van der Waals surface area contributed by atoms with E-state index < -0.39 is 6.09 Å². The van der Waals surface area contributed by atoms with E-state index in [1.54, 1.807) is 18.5 Å². The highest BCUT2D eigenvalue weighted by Gasteiger charge is 1.96. The monoisotopic (exact) mass is 181 g/mol. The van der Waals surface area contributed by atoms with E-state index in [0.29, 0.717) is 18.7 Å². The lowest BCUT2D eigenvalue weighted by Gasteiger charge is -2.01. The lowest BCUT2D eigenvalue weighted by atomic mass is 10.2. The van der Waals surface area contributed by atoms with Crippen LogP contribution in [0.3, 0.4) is 0 Å². The number of nitrogens with one attached hydrogen (secondary N) is 1. The van der Waals surface area contributed by atoms with Crippen LogP contribution in [0.15, 0.2) is 18.5 Å². The van der Waals surface area contributed by atoms with Gasteiger partial charge in [0.05, 0.1) is 5.69 Å². The predicted octanol–water partition coefficient (Wildman–Crippen LogP) is 0.474. The highest BCUT2D eigenvalue weighted by atomic mass is 16.4. The van der Waals surface area contributed by atoms with Gasteiger partial charge in [0.25, 0.3) is 0 Å². The lowest BCUT2D eigenvalue weighted by molar-refractivity contribution is 0.194. The highest BCUT2D eigenvalue weighted by Crippen LogP contribution is 2.03. The van der Waals surface area contributed by atoms with E-state index in [1.807, 2.05) is 0 Å². The van der Waals surface area contributed by atoms with E-state index in [1.165, 1.54) is 0 Å². The number of anilines is 1. The first-order valence-electron chi connectivity index (χ1n) is 3.84. The van der Waals surface area contributed by atoms with Gasteiger partial charge in [0.1, 0.15) is 0 Å². The van der Waals surface area contributed by atoms with Crippen LogP contribution in [0.5, 0.6) is 0 Å². The Morgan fingerprint density at radius 1 is 1.62 bits per heavy atom. The van der Waals surface area contributed by atoms with Crippen LogP contribution in [0, 0.1) is 0 Å². The van der Waals surface area contributed by atoms with E-state index in [4.69, 9.17) is 10.8 Å². The van der Waals surface area contributed by atoms with Gasteiger partial charge in [-0.2, -0.15) is 0 Å². The number of amides is 1. The Kier molecular flexibility index (Phi) is 3.08. The summed E-state index contributed by atoms with van der Waals surface area (Å²) < 4.78 is 0. The molecule has 0 aliphatic heterocycles. The third-order valence-electron chi connectivity index (χ3n) is 1.51. The van der Waals surface area contributed by atoms with Crippen LogP contribution in [0.1, 0.15) is 5.56 Å². The summed E-state index contributed by atoms with van der Waals surface area (Å²) in [5.41, 5.74) is 7.01. The summed E-state index contributed by atoms with van der Waals surface area (Å²) in [4.78, 5) is 14.0. The van der Waals surface area contributed by atoms with E-state index in [9.17, 15) is 4.79 Å². The first-order valence-corrected chi connectivity index (χ1v) is 3.84. The lowest BCUT2D eigenvalue weighted by Crippen LogP contribution is -2.23. The number of carboxylic acid groups (broad SMARTS) is 1. The second-order valence-corrected chi connectivity index (χ2v) is 2.61. The molecule has 5 nitrogen and oxygen atoms in total. The Bertz CT molecular complexity index is 301. The fourth-order valence-corrected chi connectivity index (χ4v) is 0.958. The molecule has 0 radical (unpaired) electrons. The molecule has 70 valence electrons. The average molecular weight is 181 g/mol. The Balaban J connectivity index is 2.41. The maximum atomic E-state index is 10.1. The smallest absolute Gasteiger partial charge is 0.404 e. The van der Waals surface area contributed by atoms with Crippen LogP contribution in [0.2, 0.25) is 0 Å². The number of hydrogen-bond acceptors (Lipinski definition) is 3. The van der Waals surface area contributed by atoms with Crippen molar-refractivity contribution in [2.24, 2.45) is 0 Å². The molecule has 0 aliphatic rings. The molecule has 1 aromatic rings. The quantitative estimate of drug-likeness (QED) is 0.632. The topological polar surface area (TPSA) is 88.2 Å². The Morgan fingerprint density at radius 2 is 2.38 bits per heavy atom. The zero-order valence-electron chi connectivity index (χ0n) is 7.03. The molecule has 0 spiro atoms. The van der Waals surface area contributed by atoms with Crippen LogP contribution in [-0.2, 0) is 6.42 Å². The molecular formula is C8H11N3O2. The minimum absolute atomic E-state index is 0.375. The van der Waals surface area contributed by atoms with Crippen molar-refractivity contribution in [1.82, 2.24) is 10.3 Å². The second-order valence-electron chi connectivity index (χ2n) is 2.61. The van der Waals surface area contributed by atoms with Crippen LogP contribution in [0.4, 0.5) is 10.5 Å². The van der Waals surface area contributed by atoms with Gasteiger partial charge in [-0.05, 0) is 18.1 Å². The van der Waals surface area contributed by atoms with Crippen molar-refractivity contribution >= 4 is 11.8 Å². The molecule has 1 amide bonds.